The second-order valence-electron chi connectivity index (χ2n) is 4.95. The number of nitrogens with zero attached hydrogens (tertiary/aromatic N) is 1. The number of hydrogen-bond donors (Lipinski definition) is 1. The Morgan fingerprint density at radius 2 is 1.36 bits per heavy atom. The van der Waals surface area contributed by atoms with Crippen LogP contribution in [0, 0.1) is 0 Å². The Labute approximate surface area is 144 Å². The first-order chi connectivity index (χ1) is 12.0. The molecule has 0 saturated heterocycles. The maximum absolute atomic E-state index is 12.0. The van der Waals surface area contributed by atoms with Gasteiger partial charge in [0.15, 0.2) is 0 Å². The predicted molar refractivity (Wildman–Crippen MR) is 88.5 cm³/mol. The van der Waals surface area contributed by atoms with Crippen LogP contribution in [0.4, 0.5) is 0 Å². The average Bonchev–Trinajstić information content (AvgIpc) is 2.61. The molecule has 0 fully saturated rings. The van der Waals surface area contributed by atoms with Gasteiger partial charge in [-0.3, -0.25) is 0 Å². The van der Waals surface area contributed by atoms with Gasteiger partial charge in [-0.1, -0.05) is 12.1 Å². The highest BCUT2D eigenvalue weighted by Gasteiger charge is 2.17. The highest BCUT2D eigenvalue weighted by atomic mass is 16.5. The number of hydrogen-bond acceptors (Lipinski definition) is 6. The van der Waals surface area contributed by atoms with Crippen LogP contribution in [0.3, 0.4) is 0 Å². The molecule has 0 saturated carbocycles. The van der Waals surface area contributed by atoms with E-state index in [0.717, 1.165) is 0 Å². The van der Waals surface area contributed by atoms with Gasteiger partial charge in [-0.2, -0.15) is 0 Å². The minimum atomic E-state index is -1.04. The van der Waals surface area contributed by atoms with Gasteiger partial charge in [-0.15, -0.1) is 0 Å². The standard InChI is InChI=1S/C18H17NO6/c1-3-24-17(22)14-9-13(10-15(19-14)18(23)25-4-2)11-5-7-12(8-6-11)16(20)21/h5-10H,3-4H2,1-2H3,(H,20,21). The molecule has 7 heteroatoms. The van der Waals surface area contributed by atoms with E-state index in [1.165, 1.54) is 24.3 Å². The molecule has 7 nitrogen and oxygen atoms in total. The lowest BCUT2D eigenvalue weighted by Gasteiger charge is -2.09. The van der Waals surface area contributed by atoms with Crippen molar-refractivity contribution in [1.29, 1.82) is 0 Å². The topological polar surface area (TPSA) is 103 Å². The van der Waals surface area contributed by atoms with Crippen LogP contribution >= 0.6 is 0 Å². The van der Waals surface area contributed by atoms with E-state index in [0.29, 0.717) is 11.1 Å². The number of pyridine rings is 1. The summed E-state index contributed by atoms with van der Waals surface area (Å²) in [6.07, 6.45) is 0. The molecule has 0 aliphatic rings. The molecular weight excluding hydrogens is 326 g/mol. The maximum atomic E-state index is 12.0. The van der Waals surface area contributed by atoms with Crippen LogP contribution in [-0.4, -0.2) is 41.2 Å². The number of aromatic carboxylic acids is 1. The van der Waals surface area contributed by atoms with E-state index in [4.69, 9.17) is 14.6 Å². The van der Waals surface area contributed by atoms with Crippen molar-refractivity contribution in [1.82, 2.24) is 4.98 Å². The lowest BCUT2D eigenvalue weighted by Crippen LogP contribution is -2.13. The average molecular weight is 343 g/mol. The largest absolute Gasteiger partial charge is 0.478 e. The molecule has 0 unspecified atom stereocenters. The van der Waals surface area contributed by atoms with Gasteiger partial charge in [0.2, 0.25) is 0 Å². The summed E-state index contributed by atoms with van der Waals surface area (Å²) in [5.41, 5.74) is 1.24. The van der Waals surface area contributed by atoms with Gasteiger partial charge in [0.05, 0.1) is 18.8 Å². The summed E-state index contributed by atoms with van der Waals surface area (Å²) >= 11 is 0. The summed E-state index contributed by atoms with van der Waals surface area (Å²) in [5.74, 6) is -2.35. The van der Waals surface area contributed by atoms with Crippen LogP contribution < -0.4 is 0 Å². The molecule has 2 aromatic rings. The van der Waals surface area contributed by atoms with Crippen LogP contribution in [0.2, 0.25) is 0 Å². The Bertz CT molecular complexity index is 761. The third-order valence-corrected chi connectivity index (χ3v) is 3.26. The fourth-order valence-electron chi connectivity index (χ4n) is 2.12. The van der Waals surface area contributed by atoms with Gasteiger partial charge in [0.25, 0.3) is 0 Å². The normalized spacial score (nSPS) is 10.2. The van der Waals surface area contributed by atoms with Crippen molar-refractivity contribution >= 4 is 17.9 Å². The third kappa shape index (κ3) is 4.41. The molecule has 1 N–H and O–H groups in total. The van der Waals surface area contributed by atoms with Crippen LogP contribution in [0.1, 0.15) is 45.2 Å². The van der Waals surface area contributed by atoms with E-state index in [-0.39, 0.29) is 30.2 Å². The summed E-state index contributed by atoms with van der Waals surface area (Å²) < 4.78 is 9.87. The Hall–Kier alpha value is -3.22. The zero-order valence-corrected chi connectivity index (χ0v) is 13.8. The van der Waals surface area contributed by atoms with E-state index >= 15 is 0 Å². The van der Waals surface area contributed by atoms with E-state index in [1.54, 1.807) is 26.0 Å². The van der Waals surface area contributed by atoms with E-state index in [2.05, 4.69) is 4.98 Å². The minimum absolute atomic E-state index is 0.0234. The molecule has 2 rings (SSSR count). The van der Waals surface area contributed by atoms with Crippen molar-refractivity contribution in [3.8, 4) is 11.1 Å². The van der Waals surface area contributed by atoms with Crippen LogP contribution in [0.5, 0.6) is 0 Å². The molecule has 0 aliphatic heterocycles. The summed E-state index contributed by atoms with van der Waals surface area (Å²) in [5, 5.41) is 8.97. The first kappa shape index (κ1) is 18.1. The fourth-order valence-corrected chi connectivity index (χ4v) is 2.12. The van der Waals surface area contributed by atoms with E-state index < -0.39 is 17.9 Å². The Kier molecular flexibility index (Phi) is 5.84. The third-order valence-electron chi connectivity index (χ3n) is 3.26. The zero-order valence-electron chi connectivity index (χ0n) is 13.8. The van der Waals surface area contributed by atoms with Crippen LogP contribution in [-0.2, 0) is 9.47 Å². The minimum Gasteiger partial charge on any atom is -0.478 e. The Morgan fingerprint density at radius 1 is 0.880 bits per heavy atom. The van der Waals surface area contributed by atoms with Gasteiger partial charge in [0.1, 0.15) is 11.4 Å². The number of rotatable bonds is 6. The molecule has 0 bridgehead atoms. The molecule has 0 aliphatic carbocycles. The smallest absolute Gasteiger partial charge is 0.356 e. The number of aromatic nitrogens is 1. The first-order valence-electron chi connectivity index (χ1n) is 7.66. The van der Waals surface area contributed by atoms with Crippen molar-refractivity contribution in [3.05, 3.63) is 53.3 Å². The number of carboxylic acid groups (broad SMARTS) is 1. The van der Waals surface area contributed by atoms with Crippen molar-refractivity contribution in [3.63, 3.8) is 0 Å². The SMILES string of the molecule is CCOC(=O)c1cc(-c2ccc(C(=O)O)cc2)cc(C(=O)OCC)n1. The van der Waals surface area contributed by atoms with Gasteiger partial charge in [-0.25, -0.2) is 19.4 Å². The molecule has 0 atom stereocenters. The maximum Gasteiger partial charge on any atom is 0.356 e. The molecule has 25 heavy (non-hydrogen) atoms. The number of esters is 2. The van der Waals surface area contributed by atoms with Gasteiger partial charge in [-0.05, 0) is 49.2 Å². The molecule has 0 radical (unpaired) electrons. The molecular formula is C18H17NO6. The van der Waals surface area contributed by atoms with Crippen LogP contribution in [0.15, 0.2) is 36.4 Å². The number of carbonyl (C=O) groups is 3. The first-order valence-corrected chi connectivity index (χ1v) is 7.66. The molecule has 130 valence electrons. The van der Waals surface area contributed by atoms with E-state index in [1.807, 2.05) is 0 Å². The quantitative estimate of drug-likeness (QED) is 0.804. The molecule has 1 aromatic carbocycles. The zero-order chi connectivity index (χ0) is 18.4. The van der Waals surface area contributed by atoms with E-state index in [9.17, 15) is 14.4 Å². The molecule has 0 spiro atoms. The summed E-state index contributed by atoms with van der Waals surface area (Å²) in [7, 11) is 0. The monoisotopic (exact) mass is 343 g/mol. The lowest BCUT2D eigenvalue weighted by atomic mass is 10.0. The number of carboxylic acids is 1. The highest BCUT2D eigenvalue weighted by Crippen LogP contribution is 2.22. The van der Waals surface area contributed by atoms with Crippen molar-refractivity contribution in [2.24, 2.45) is 0 Å². The number of ether oxygens (including phenoxy) is 2. The number of benzene rings is 1. The summed E-state index contributed by atoms with van der Waals surface area (Å²) in [6, 6.07) is 9.01. The fraction of sp³-hybridized carbons (Fsp3) is 0.222. The second-order valence-corrected chi connectivity index (χ2v) is 4.95. The Balaban J connectivity index is 2.49. The van der Waals surface area contributed by atoms with Crippen LogP contribution in [0.25, 0.3) is 11.1 Å². The summed E-state index contributed by atoms with van der Waals surface area (Å²) in [4.78, 5) is 38.9. The molecule has 1 aromatic heterocycles. The van der Waals surface area contributed by atoms with Gasteiger partial charge < -0.3 is 14.6 Å². The molecule has 1 heterocycles. The second kappa shape index (κ2) is 8.05. The molecule has 0 amide bonds. The highest BCUT2D eigenvalue weighted by molar-refractivity contribution is 5.94. The lowest BCUT2D eigenvalue weighted by molar-refractivity contribution is 0.0510. The van der Waals surface area contributed by atoms with Crippen molar-refractivity contribution in [2.45, 2.75) is 13.8 Å². The van der Waals surface area contributed by atoms with Gasteiger partial charge in [0, 0.05) is 0 Å². The van der Waals surface area contributed by atoms with Crippen molar-refractivity contribution < 1.29 is 29.0 Å². The predicted octanol–water partition coefficient (Wildman–Crippen LogP) is 2.80. The van der Waals surface area contributed by atoms with Gasteiger partial charge >= 0.3 is 17.9 Å². The Morgan fingerprint density at radius 3 is 1.76 bits per heavy atom. The summed E-state index contributed by atoms with van der Waals surface area (Å²) in [6.45, 7) is 3.68. The number of carbonyl (C=O) groups excluding carboxylic acids is 2. The van der Waals surface area contributed by atoms with Crippen molar-refractivity contribution in [2.75, 3.05) is 13.2 Å².